The van der Waals surface area contributed by atoms with Gasteiger partial charge >= 0.3 is 0 Å². The van der Waals surface area contributed by atoms with E-state index in [1.165, 1.54) is 5.56 Å². The molecule has 0 saturated carbocycles. The lowest BCUT2D eigenvalue weighted by Crippen LogP contribution is -2.11. The SMILES string of the molecule is CCO[C@@H](C)Cc1ccc(OC)cc1. The average molecular weight is 194 g/mol. The molecule has 0 bridgehead atoms. The highest BCUT2D eigenvalue weighted by Crippen LogP contribution is 2.13. The van der Waals surface area contributed by atoms with Crippen LogP contribution in [0.2, 0.25) is 0 Å². The first kappa shape index (κ1) is 11.1. The summed E-state index contributed by atoms with van der Waals surface area (Å²) in [5, 5.41) is 0. The van der Waals surface area contributed by atoms with Crippen molar-refractivity contribution in [1.29, 1.82) is 0 Å². The highest BCUT2D eigenvalue weighted by molar-refractivity contribution is 5.27. The first-order chi connectivity index (χ1) is 6.76. The Morgan fingerprint density at radius 2 is 1.86 bits per heavy atom. The molecule has 2 heteroatoms. The molecular weight excluding hydrogens is 176 g/mol. The van der Waals surface area contributed by atoms with Gasteiger partial charge in [-0.25, -0.2) is 0 Å². The number of benzene rings is 1. The van der Waals surface area contributed by atoms with Crippen LogP contribution in [0.3, 0.4) is 0 Å². The van der Waals surface area contributed by atoms with Gasteiger partial charge in [-0.1, -0.05) is 12.1 Å². The fraction of sp³-hybridized carbons (Fsp3) is 0.500. The third kappa shape index (κ3) is 3.38. The number of ether oxygens (including phenoxy) is 2. The van der Waals surface area contributed by atoms with Crippen molar-refractivity contribution in [3.05, 3.63) is 29.8 Å². The van der Waals surface area contributed by atoms with Crippen LogP contribution in [0, 0.1) is 0 Å². The molecule has 0 radical (unpaired) electrons. The summed E-state index contributed by atoms with van der Waals surface area (Å²) in [7, 11) is 1.68. The Labute approximate surface area is 85.8 Å². The van der Waals surface area contributed by atoms with Gasteiger partial charge in [0.15, 0.2) is 0 Å². The van der Waals surface area contributed by atoms with E-state index in [1.807, 2.05) is 19.1 Å². The summed E-state index contributed by atoms with van der Waals surface area (Å²) in [6.45, 7) is 4.88. The summed E-state index contributed by atoms with van der Waals surface area (Å²) in [6.07, 6.45) is 1.24. The monoisotopic (exact) mass is 194 g/mol. The van der Waals surface area contributed by atoms with Gasteiger partial charge in [-0.2, -0.15) is 0 Å². The van der Waals surface area contributed by atoms with Crippen molar-refractivity contribution < 1.29 is 9.47 Å². The van der Waals surface area contributed by atoms with Crippen LogP contribution in [0.4, 0.5) is 0 Å². The second-order valence-corrected chi connectivity index (χ2v) is 3.32. The van der Waals surface area contributed by atoms with Crippen LogP contribution < -0.4 is 4.74 Å². The van der Waals surface area contributed by atoms with Crippen LogP contribution in [0.25, 0.3) is 0 Å². The van der Waals surface area contributed by atoms with Crippen LogP contribution in [-0.4, -0.2) is 19.8 Å². The lowest BCUT2D eigenvalue weighted by molar-refractivity contribution is 0.0768. The fourth-order valence-corrected chi connectivity index (χ4v) is 1.44. The predicted octanol–water partition coefficient (Wildman–Crippen LogP) is 2.66. The van der Waals surface area contributed by atoms with Gasteiger partial charge in [0.2, 0.25) is 0 Å². The summed E-state index contributed by atoms with van der Waals surface area (Å²) in [5.41, 5.74) is 1.28. The summed E-state index contributed by atoms with van der Waals surface area (Å²) in [4.78, 5) is 0. The van der Waals surface area contributed by atoms with Gasteiger partial charge in [-0.05, 0) is 38.0 Å². The molecule has 0 aliphatic carbocycles. The maximum atomic E-state index is 5.47. The molecule has 0 N–H and O–H groups in total. The molecule has 14 heavy (non-hydrogen) atoms. The largest absolute Gasteiger partial charge is 0.497 e. The van der Waals surface area contributed by atoms with Crippen molar-refractivity contribution in [3.8, 4) is 5.75 Å². The van der Waals surface area contributed by atoms with Crippen molar-refractivity contribution in [2.75, 3.05) is 13.7 Å². The second-order valence-electron chi connectivity index (χ2n) is 3.32. The number of hydrogen-bond donors (Lipinski definition) is 0. The van der Waals surface area contributed by atoms with Gasteiger partial charge in [0, 0.05) is 6.61 Å². The van der Waals surface area contributed by atoms with Crippen LogP contribution in [0.15, 0.2) is 24.3 Å². The zero-order chi connectivity index (χ0) is 10.4. The van der Waals surface area contributed by atoms with Gasteiger partial charge < -0.3 is 9.47 Å². The average Bonchev–Trinajstić information content (AvgIpc) is 2.19. The maximum absolute atomic E-state index is 5.47. The molecule has 1 atom stereocenters. The molecule has 0 spiro atoms. The van der Waals surface area contributed by atoms with E-state index in [1.54, 1.807) is 7.11 Å². The molecule has 2 nitrogen and oxygen atoms in total. The van der Waals surface area contributed by atoms with Gasteiger partial charge in [0.1, 0.15) is 5.75 Å². The highest BCUT2D eigenvalue weighted by Gasteiger charge is 2.02. The van der Waals surface area contributed by atoms with Crippen molar-refractivity contribution >= 4 is 0 Å². The topological polar surface area (TPSA) is 18.5 Å². The molecular formula is C12H18O2. The Bertz CT molecular complexity index is 254. The smallest absolute Gasteiger partial charge is 0.118 e. The number of hydrogen-bond acceptors (Lipinski definition) is 2. The normalized spacial score (nSPS) is 12.5. The highest BCUT2D eigenvalue weighted by atomic mass is 16.5. The molecule has 78 valence electrons. The van der Waals surface area contributed by atoms with E-state index in [-0.39, 0.29) is 6.10 Å². The lowest BCUT2D eigenvalue weighted by Gasteiger charge is -2.11. The Morgan fingerprint density at radius 1 is 1.21 bits per heavy atom. The Balaban J connectivity index is 2.50. The molecule has 0 heterocycles. The Morgan fingerprint density at radius 3 is 2.36 bits per heavy atom. The summed E-state index contributed by atoms with van der Waals surface area (Å²) >= 11 is 0. The second kappa shape index (κ2) is 5.66. The van der Waals surface area contributed by atoms with E-state index >= 15 is 0 Å². The van der Waals surface area contributed by atoms with Gasteiger partial charge in [0.25, 0.3) is 0 Å². The molecule has 0 aliphatic heterocycles. The molecule has 0 aromatic heterocycles. The molecule has 0 saturated heterocycles. The molecule has 0 fully saturated rings. The lowest BCUT2D eigenvalue weighted by atomic mass is 10.1. The molecule has 1 rings (SSSR count). The number of methoxy groups -OCH3 is 1. The van der Waals surface area contributed by atoms with E-state index in [2.05, 4.69) is 19.1 Å². The number of rotatable bonds is 5. The van der Waals surface area contributed by atoms with Gasteiger partial charge in [-0.3, -0.25) is 0 Å². The minimum absolute atomic E-state index is 0.286. The fourth-order valence-electron chi connectivity index (χ4n) is 1.44. The molecule has 1 aromatic rings. The van der Waals surface area contributed by atoms with Crippen LogP contribution in [-0.2, 0) is 11.2 Å². The summed E-state index contributed by atoms with van der Waals surface area (Å²) in [6, 6.07) is 8.12. The minimum atomic E-state index is 0.286. The third-order valence-corrected chi connectivity index (χ3v) is 2.13. The van der Waals surface area contributed by atoms with Crippen LogP contribution >= 0.6 is 0 Å². The van der Waals surface area contributed by atoms with Crippen molar-refractivity contribution in [2.45, 2.75) is 26.4 Å². The van der Waals surface area contributed by atoms with Crippen LogP contribution in [0.5, 0.6) is 5.75 Å². The molecule has 0 unspecified atom stereocenters. The minimum Gasteiger partial charge on any atom is -0.497 e. The molecule has 0 aliphatic rings. The first-order valence-electron chi connectivity index (χ1n) is 5.00. The van der Waals surface area contributed by atoms with E-state index in [0.29, 0.717) is 0 Å². The maximum Gasteiger partial charge on any atom is 0.118 e. The van der Waals surface area contributed by atoms with Crippen molar-refractivity contribution in [1.82, 2.24) is 0 Å². The third-order valence-electron chi connectivity index (χ3n) is 2.13. The van der Waals surface area contributed by atoms with Crippen molar-refractivity contribution in [2.24, 2.45) is 0 Å². The predicted molar refractivity (Wildman–Crippen MR) is 57.8 cm³/mol. The Kier molecular flexibility index (Phi) is 4.47. The summed E-state index contributed by atoms with van der Waals surface area (Å²) in [5.74, 6) is 0.901. The molecule has 0 amide bonds. The zero-order valence-corrected chi connectivity index (χ0v) is 9.12. The van der Waals surface area contributed by atoms with E-state index in [9.17, 15) is 0 Å². The van der Waals surface area contributed by atoms with Crippen LogP contribution in [0.1, 0.15) is 19.4 Å². The van der Waals surface area contributed by atoms with Gasteiger partial charge in [0.05, 0.1) is 13.2 Å². The molecule has 1 aromatic carbocycles. The quantitative estimate of drug-likeness (QED) is 0.717. The van der Waals surface area contributed by atoms with Gasteiger partial charge in [-0.15, -0.1) is 0 Å². The summed E-state index contributed by atoms with van der Waals surface area (Å²) < 4.78 is 10.6. The zero-order valence-electron chi connectivity index (χ0n) is 9.12. The first-order valence-corrected chi connectivity index (χ1v) is 5.00. The van der Waals surface area contributed by atoms with Crippen molar-refractivity contribution in [3.63, 3.8) is 0 Å². The Hall–Kier alpha value is -1.02. The van der Waals surface area contributed by atoms with E-state index in [4.69, 9.17) is 9.47 Å². The van der Waals surface area contributed by atoms with E-state index in [0.717, 1.165) is 18.8 Å². The van der Waals surface area contributed by atoms with E-state index < -0.39 is 0 Å². The standard InChI is InChI=1S/C12H18O2/c1-4-14-10(2)9-11-5-7-12(13-3)8-6-11/h5-8,10H,4,9H2,1-3H3/t10-/m0/s1.